The molecule has 0 saturated carbocycles. The summed E-state index contributed by atoms with van der Waals surface area (Å²) < 4.78 is 5.19. The zero-order valence-electron chi connectivity index (χ0n) is 10.3. The van der Waals surface area contributed by atoms with Gasteiger partial charge in [-0.3, -0.25) is 4.79 Å². The van der Waals surface area contributed by atoms with Gasteiger partial charge in [-0.05, 0) is 48.4 Å². The summed E-state index contributed by atoms with van der Waals surface area (Å²) in [4.78, 5) is 11.2. The van der Waals surface area contributed by atoms with Gasteiger partial charge >= 0.3 is 5.97 Å². The predicted molar refractivity (Wildman–Crippen MR) is 65.5 cm³/mol. The summed E-state index contributed by atoms with van der Waals surface area (Å²) in [5.74, 6) is 0.0805. The fourth-order valence-electron chi connectivity index (χ4n) is 2.80. The number of carboxylic acids is 1. The molecule has 0 fully saturated rings. The lowest BCUT2D eigenvalue weighted by atomic mass is 9.85. The number of hydrogen-bond donors (Lipinski definition) is 1. The van der Waals surface area contributed by atoms with E-state index in [9.17, 15) is 9.90 Å². The van der Waals surface area contributed by atoms with Crippen molar-refractivity contribution >= 4 is 5.97 Å². The molecule has 3 heteroatoms. The topological polar surface area (TPSA) is 46.5 Å². The predicted octanol–water partition coefficient (Wildman–Crippen LogP) is 2.84. The van der Waals surface area contributed by atoms with Gasteiger partial charge in [0, 0.05) is 0 Å². The Labute approximate surface area is 101 Å². The Kier molecular flexibility index (Phi) is 3.36. The lowest BCUT2D eigenvalue weighted by Crippen LogP contribution is -2.19. The number of carboxylic acid groups (broad SMARTS) is 1. The molecule has 1 aliphatic rings. The van der Waals surface area contributed by atoms with Gasteiger partial charge in [-0.2, -0.15) is 0 Å². The summed E-state index contributed by atoms with van der Waals surface area (Å²) in [6.07, 6.45) is 2.58. The Hall–Kier alpha value is -1.51. The highest BCUT2D eigenvalue weighted by Gasteiger charge is 2.33. The van der Waals surface area contributed by atoms with Crippen LogP contribution in [-0.2, 0) is 11.2 Å². The molecule has 2 unspecified atom stereocenters. The van der Waals surface area contributed by atoms with E-state index < -0.39 is 5.97 Å². The molecule has 0 radical (unpaired) electrons. The fraction of sp³-hybridized carbons (Fsp3) is 0.500. The minimum atomic E-state index is -0.679. The molecule has 92 valence electrons. The summed E-state index contributed by atoms with van der Waals surface area (Å²) >= 11 is 0. The summed E-state index contributed by atoms with van der Waals surface area (Å²) in [6, 6.07) is 5.98. The number of aliphatic carboxylic acids is 1. The van der Waals surface area contributed by atoms with Crippen LogP contribution in [0.4, 0.5) is 0 Å². The van der Waals surface area contributed by atoms with Crippen LogP contribution >= 0.6 is 0 Å². The average molecular weight is 234 g/mol. The van der Waals surface area contributed by atoms with Crippen LogP contribution in [0.3, 0.4) is 0 Å². The lowest BCUT2D eigenvalue weighted by molar-refractivity contribution is -0.142. The fourth-order valence-corrected chi connectivity index (χ4v) is 2.80. The molecule has 1 N–H and O–H groups in total. The second-order valence-electron chi connectivity index (χ2n) is 4.56. The third-order valence-electron chi connectivity index (χ3n) is 3.72. The number of methoxy groups -OCH3 is 1. The smallest absolute Gasteiger partial charge is 0.307 e. The molecular weight excluding hydrogens is 216 g/mol. The van der Waals surface area contributed by atoms with E-state index in [4.69, 9.17) is 4.74 Å². The van der Waals surface area contributed by atoms with Gasteiger partial charge < -0.3 is 9.84 Å². The van der Waals surface area contributed by atoms with Crippen LogP contribution in [-0.4, -0.2) is 18.2 Å². The Morgan fingerprint density at radius 1 is 1.59 bits per heavy atom. The van der Waals surface area contributed by atoms with E-state index >= 15 is 0 Å². The van der Waals surface area contributed by atoms with Crippen molar-refractivity contribution in [2.24, 2.45) is 5.92 Å². The highest BCUT2D eigenvalue weighted by molar-refractivity contribution is 5.71. The molecule has 17 heavy (non-hydrogen) atoms. The van der Waals surface area contributed by atoms with Crippen molar-refractivity contribution in [2.45, 2.75) is 32.1 Å². The van der Waals surface area contributed by atoms with Crippen LogP contribution in [0.1, 0.15) is 36.8 Å². The molecule has 0 spiro atoms. The first-order chi connectivity index (χ1) is 8.17. The van der Waals surface area contributed by atoms with Crippen LogP contribution in [0.25, 0.3) is 0 Å². The quantitative estimate of drug-likeness (QED) is 0.871. The Balaban J connectivity index is 2.30. The molecule has 0 saturated heterocycles. The molecule has 1 aromatic rings. The first kappa shape index (κ1) is 12.0. The monoisotopic (exact) mass is 234 g/mol. The number of benzene rings is 1. The maximum atomic E-state index is 11.2. The van der Waals surface area contributed by atoms with Gasteiger partial charge in [-0.15, -0.1) is 0 Å². The van der Waals surface area contributed by atoms with Crippen LogP contribution in [0.15, 0.2) is 18.2 Å². The number of ether oxygens (including phenoxy) is 1. The van der Waals surface area contributed by atoms with Gasteiger partial charge in [0.1, 0.15) is 5.75 Å². The van der Waals surface area contributed by atoms with Crippen molar-refractivity contribution in [1.82, 2.24) is 0 Å². The highest BCUT2D eigenvalue weighted by atomic mass is 16.5. The molecule has 3 nitrogen and oxygen atoms in total. The van der Waals surface area contributed by atoms with E-state index in [1.807, 2.05) is 25.1 Å². The largest absolute Gasteiger partial charge is 0.497 e. The molecule has 0 amide bonds. The second kappa shape index (κ2) is 4.78. The zero-order valence-corrected chi connectivity index (χ0v) is 10.3. The first-order valence-corrected chi connectivity index (χ1v) is 6.07. The molecule has 0 bridgehead atoms. The highest BCUT2D eigenvalue weighted by Crippen LogP contribution is 2.41. The summed E-state index contributed by atoms with van der Waals surface area (Å²) in [5.41, 5.74) is 2.44. The number of aryl methyl sites for hydroxylation is 1. The molecular formula is C14H18O3. The number of carbonyl (C=O) groups is 1. The summed E-state index contributed by atoms with van der Waals surface area (Å²) in [5, 5.41) is 9.24. The van der Waals surface area contributed by atoms with E-state index in [0.29, 0.717) is 6.42 Å². The Morgan fingerprint density at radius 3 is 2.94 bits per heavy atom. The SMILES string of the molecule is CCC(C(=O)O)C1CCc2cc(OC)ccc21. The molecule has 2 atom stereocenters. The van der Waals surface area contributed by atoms with Gasteiger partial charge in [0.25, 0.3) is 0 Å². The van der Waals surface area contributed by atoms with Gasteiger partial charge in [0.15, 0.2) is 0 Å². The van der Waals surface area contributed by atoms with Crippen molar-refractivity contribution in [2.75, 3.05) is 7.11 Å². The van der Waals surface area contributed by atoms with Crippen LogP contribution in [0.5, 0.6) is 5.75 Å². The van der Waals surface area contributed by atoms with Crippen molar-refractivity contribution in [3.05, 3.63) is 29.3 Å². The maximum absolute atomic E-state index is 11.2. The minimum absolute atomic E-state index is 0.165. The lowest BCUT2D eigenvalue weighted by Gasteiger charge is -2.19. The van der Waals surface area contributed by atoms with E-state index in [0.717, 1.165) is 18.6 Å². The van der Waals surface area contributed by atoms with Gasteiger partial charge in [0.2, 0.25) is 0 Å². The standard InChI is InChI=1S/C14H18O3/c1-3-11(14(15)16)13-6-4-9-8-10(17-2)5-7-12(9)13/h5,7-8,11,13H,3-4,6H2,1-2H3,(H,15,16). The number of fused-ring (bicyclic) bond motifs is 1. The second-order valence-corrected chi connectivity index (χ2v) is 4.56. The van der Waals surface area contributed by atoms with Crippen LogP contribution < -0.4 is 4.74 Å². The first-order valence-electron chi connectivity index (χ1n) is 6.07. The van der Waals surface area contributed by atoms with E-state index in [2.05, 4.69) is 0 Å². The normalized spacial score (nSPS) is 19.8. The molecule has 1 aliphatic carbocycles. The van der Waals surface area contributed by atoms with Crippen molar-refractivity contribution in [1.29, 1.82) is 0 Å². The van der Waals surface area contributed by atoms with Crippen LogP contribution in [0.2, 0.25) is 0 Å². The average Bonchev–Trinajstić information content (AvgIpc) is 2.73. The Morgan fingerprint density at radius 2 is 2.35 bits per heavy atom. The summed E-state index contributed by atoms with van der Waals surface area (Å²) in [7, 11) is 1.65. The zero-order chi connectivity index (χ0) is 12.4. The molecule has 1 aromatic carbocycles. The van der Waals surface area contributed by atoms with E-state index in [1.54, 1.807) is 7.11 Å². The molecule has 0 aliphatic heterocycles. The molecule has 2 rings (SSSR count). The van der Waals surface area contributed by atoms with E-state index in [-0.39, 0.29) is 11.8 Å². The van der Waals surface area contributed by atoms with E-state index in [1.165, 1.54) is 11.1 Å². The minimum Gasteiger partial charge on any atom is -0.497 e. The Bertz CT molecular complexity index is 425. The third kappa shape index (κ3) is 2.14. The van der Waals surface area contributed by atoms with Gasteiger partial charge in [-0.1, -0.05) is 13.0 Å². The van der Waals surface area contributed by atoms with Crippen molar-refractivity contribution in [3.8, 4) is 5.75 Å². The molecule has 0 aromatic heterocycles. The third-order valence-corrected chi connectivity index (χ3v) is 3.72. The number of rotatable bonds is 4. The number of hydrogen-bond acceptors (Lipinski definition) is 2. The van der Waals surface area contributed by atoms with Crippen LogP contribution in [0, 0.1) is 5.92 Å². The summed E-state index contributed by atoms with van der Waals surface area (Å²) in [6.45, 7) is 1.94. The van der Waals surface area contributed by atoms with Gasteiger partial charge in [-0.25, -0.2) is 0 Å². The van der Waals surface area contributed by atoms with Crippen molar-refractivity contribution in [3.63, 3.8) is 0 Å². The van der Waals surface area contributed by atoms with Crippen molar-refractivity contribution < 1.29 is 14.6 Å². The molecule has 0 heterocycles. The van der Waals surface area contributed by atoms with Gasteiger partial charge in [0.05, 0.1) is 13.0 Å². The maximum Gasteiger partial charge on any atom is 0.307 e.